The summed E-state index contributed by atoms with van der Waals surface area (Å²) in [5.74, 6) is 6.09. The molecule has 1 aliphatic rings. The van der Waals surface area contributed by atoms with Crippen molar-refractivity contribution < 1.29 is 9.53 Å². The second-order valence-corrected chi connectivity index (χ2v) is 6.09. The number of carbonyl (C=O) groups excluding carboxylic acids is 1. The molecule has 3 heterocycles. The number of nitrogens with zero attached hydrogens (tertiary/aromatic N) is 5. The molecule has 3 aromatic rings. The Labute approximate surface area is 154 Å². The Balaban J connectivity index is 1.93. The summed E-state index contributed by atoms with van der Waals surface area (Å²) in [6.07, 6.45) is 5.70. The fourth-order valence-corrected chi connectivity index (χ4v) is 2.92. The predicted octanol–water partition coefficient (Wildman–Crippen LogP) is 1.34. The highest BCUT2D eigenvalue weighted by atomic mass is 16.5. The van der Waals surface area contributed by atoms with Crippen LogP contribution in [-0.4, -0.2) is 37.9 Å². The van der Waals surface area contributed by atoms with Crippen LogP contribution in [0.5, 0.6) is 5.88 Å². The second-order valence-electron chi connectivity index (χ2n) is 6.09. The normalized spacial score (nSPS) is 13.1. The number of carbonyl (C=O) groups is 1. The van der Waals surface area contributed by atoms with Gasteiger partial charge in [-0.15, -0.1) is 0 Å². The predicted molar refractivity (Wildman–Crippen MR) is 97.2 cm³/mol. The lowest BCUT2D eigenvalue weighted by molar-refractivity contribution is -0.103. The van der Waals surface area contributed by atoms with Crippen molar-refractivity contribution in [2.24, 2.45) is 0 Å². The van der Waals surface area contributed by atoms with Crippen LogP contribution in [0, 0.1) is 11.8 Å². The monoisotopic (exact) mass is 361 g/mol. The first kappa shape index (κ1) is 16.8. The lowest BCUT2D eigenvalue weighted by atomic mass is 10.1. The molecule has 0 N–H and O–H groups in total. The van der Waals surface area contributed by atoms with E-state index in [1.165, 1.54) is 24.1 Å². The summed E-state index contributed by atoms with van der Waals surface area (Å²) in [6, 6.07) is 3.08. The summed E-state index contributed by atoms with van der Waals surface area (Å²) >= 11 is 0. The van der Waals surface area contributed by atoms with E-state index < -0.39 is 0 Å². The van der Waals surface area contributed by atoms with Crippen molar-refractivity contribution >= 4 is 17.3 Å². The number of hydrogen-bond acceptors (Lipinski definition) is 7. The Kier molecular flexibility index (Phi) is 4.34. The van der Waals surface area contributed by atoms with Crippen molar-refractivity contribution in [2.75, 3.05) is 7.11 Å². The van der Waals surface area contributed by atoms with Crippen LogP contribution in [0.3, 0.4) is 0 Å². The van der Waals surface area contributed by atoms with Gasteiger partial charge in [0.1, 0.15) is 17.5 Å². The molecule has 0 atom stereocenters. The molecule has 0 saturated heterocycles. The molecule has 8 nitrogen and oxygen atoms in total. The number of rotatable bonds is 4. The third-order valence-electron chi connectivity index (χ3n) is 4.34. The SMILES string of the molecule is COc1ncnc(C2CC2)c1-c1ncc2ccc(=O)n(CC#CC=O)c2n1. The number of fused-ring (bicyclic) bond motifs is 1. The van der Waals surface area contributed by atoms with Gasteiger partial charge >= 0.3 is 0 Å². The molecular formula is C19H15N5O3. The summed E-state index contributed by atoms with van der Waals surface area (Å²) in [6.45, 7) is 0.0588. The third kappa shape index (κ3) is 3.15. The zero-order chi connectivity index (χ0) is 18.8. The molecular weight excluding hydrogens is 346 g/mol. The molecule has 0 bridgehead atoms. The summed E-state index contributed by atoms with van der Waals surface area (Å²) < 4.78 is 6.81. The van der Waals surface area contributed by atoms with E-state index in [0.717, 1.165) is 18.5 Å². The van der Waals surface area contributed by atoms with Crippen LogP contribution in [0.2, 0.25) is 0 Å². The van der Waals surface area contributed by atoms with E-state index in [1.807, 2.05) is 0 Å². The lowest BCUT2D eigenvalue weighted by Gasteiger charge is -2.12. The highest BCUT2D eigenvalue weighted by Crippen LogP contribution is 2.44. The van der Waals surface area contributed by atoms with Gasteiger partial charge < -0.3 is 4.74 Å². The zero-order valence-electron chi connectivity index (χ0n) is 14.5. The standard InChI is InChI=1S/C19H15N5O3/c1-27-19-15(16(12-4-5-12)21-11-22-19)17-20-10-13-6-7-14(26)24(18(13)23-17)8-2-3-9-25/h6-7,9-12H,4-5,8H2,1H3. The van der Waals surface area contributed by atoms with Gasteiger partial charge in [-0.1, -0.05) is 5.92 Å². The Morgan fingerprint density at radius 2 is 2.15 bits per heavy atom. The Bertz CT molecular complexity index is 1160. The quantitative estimate of drug-likeness (QED) is 0.510. The summed E-state index contributed by atoms with van der Waals surface area (Å²) in [5, 5.41) is 0.690. The third-order valence-corrected chi connectivity index (χ3v) is 4.34. The van der Waals surface area contributed by atoms with Crippen molar-refractivity contribution in [1.29, 1.82) is 0 Å². The molecule has 4 rings (SSSR count). The molecule has 1 fully saturated rings. The molecule has 0 amide bonds. The molecule has 0 radical (unpaired) electrons. The number of ether oxygens (including phenoxy) is 1. The zero-order valence-corrected chi connectivity index (χ0v) is 14.5. The van der Waals surface area contributed by atoms with E-state index >= 15 is 0 Å². The van der Waals surface area contributed by atoms with Gasteiger partial charge in [0.25, 0.3) is 5.56 Å². The van der Waals surface area contributed by atoms with Crippen LogP contribution in [-0.2, 0) is 11.3 Å². The van der Waals surface area contributed by atoms with Crippen LogP contribution < -0.4 is 10.3 Å². The van der Waals surface area contributed by atoms with E-state index in [9.17, 15) is 9.59 Å². The van der Waals surface area contributed by atoms with E-state index in [0.29, 0.717) is 40.5 Å². The molecule has 134 valence electrons. The van der Waals surface area contributed by atoms with Crippen LogP contribution in [0.4, 0.5) is 0 Å². The molecule has 1 aliphatic carbocycles. The minimum absolute atomic E-state index is 0.0588. The van der Waals surface area contributed by atoms with E-state index in [-0.39, 0.29) is 12.1 Å². The van der Waals surface area contributed by atoms with Crippen LogP contribution in [0.1, 0.15) is 24.5 Å². The van der Waals surface area contributed by atoms with Crippen molar-refractivity contribution in [3.8, 4) is 29.1 Å². The van der Waals surface area contributed by atoms with Crippen LogP contribution in [0.15, 0.2) is 29.5 Å². The summed E-state index contributed by atoms with van der Waals surface area (Å²) in [5.41, 5.74) is 1.67. The van der Waals surface area contributed by atoms with Gasteiger partial charge in [0.2, 0.25) is 5.88 Å². The topological polar surface area (TPSA) is 99.9 Å². The Morgan fingerprint density at radius 3 is 2.89 bits per heavy atom. The molecule has 8 heteroatoms. The first-order valence-electron chi connectivity index (χ1n) is 8.41. The van der Waals surface area contributed by atoms with Crippen molar-refractivity contribution in [1.82, 2.24) is 24.5 Å². The van der Waals surface area contributed by atoms with Gasteiger partial charge in [-0.2, -0.15) is 0 Å². The van der Waals surface area contributed by atoms with Crippen LogP contribution >= 0.6 is 0 Å². The van der Waals surface area contributed by atoms with Crippen molar-refractivity contribution in [2.45, 2.75) is 25.3 Å². The maximum atomic E-state index is 12.3. The highest BCUT2D eigenvalue weighted by molar-refractivity contribution is 5.78. The van der Waals surface area contributed by atoms with Gasteiger partial charge in [-0.05, 0) is 24.8 Å². The Morgan fingerprint density at radius 1 is 1.30 bits per heavy atom. The van der Waals surface area contributed by atoms with E-state index in [4.69, 9.17) is 4.74 Å². The second kappa shape index (κ2) is 6.96. The van der Waals surface area contributed by atoms with E-state index in [2.05, 4.69) is 31.8 Å². The van der Waals surface area contributed by atoms with Crippen molar-refractivity contribution in [3.05, 3.63) is 40.7 Å². The summed E-state index contributed by atoms with van der Waals surface area (Å²) in [7, 11) is 1.54. The highest BCUT2D eigenvalue weighted by Gasteiger charge is 2.31. The number of aldehydes is 1. The van der Waals surface area contributed by atoms with Gasteiger partial charge in [-0.25, -0.2) is 19.9 Å². The smallest absolute Gasteiger partial charge is 0.253 e. The average molecular weight is 361 g/mol. The number of pyridine rings is 1. The first-order valence-corrected chi connectivity index (χ1v) is 8.41. The van der Waals surface area contributed by atoms with Crippen LogP contribution in [0.25, 0.3) is 22.4 Å². The molecule has 0 spiro atoms. The molecule has 0 aliphatic heterocycles. The average Bonchev–Trinajstić information content (AvgIpc) is 3.54. The maximum Gasteiger partial charge on any atom is 0.253 e. The molecule has 0 unspecified atom stereocenters. The van der Waals surface area contributed by atoms with E-state index in [1.54, 1.807) is 12.3 Å². The minimum atomic E-state index is -0.258. The largest absolute Gasteiger partial charge is 0.480 e. The molecule has 0 aromatic carbocycles. The van der Waals surface area contributed by atoms with Gasteiger partial charge in [-0.3, -0.25) is 14.2 Å². The molecule has 3 aromatic heterocycles. The van der Waals surface area contributed by atoms with Gasteiger partial charge in [0.15, 0.2) is 12.1 Å². The summed E-state index contributed by atoms with van der Waals surface area (Å²) in [4.78, 5) is 40.4. The first-order chi connectivity index (χ1) is 13.2. The fourth-order valence-electron chi connectivity index (χ4n) is 2.92. The molecule has 1 saturated carbocycles. The maximum absolute atomic E-state index is 12.3. The number of aromatic nitrogens is 5. The lowest BCUT2D eigenvalue weighted by Crippen LogP contribution is -2.20. The minimum Gasteiger partial charge on any atom is -0.480 e. The fraction of sp³-hybridized carbons (Fsp3) is 0.263. The van der Waals surface area contributed by atoms with Gasteiger partial charge in [0, 0.05) is 23.6 Å². The molecule has 27 heavy (non-hydrogen) atoms. The number of hydrogen-bond donors (Lipinski definition) is 0. The number of methoxy groups -OCH3 is 1. The van der Waals surface area contributed by atoms with Gasteiger partial charge in [0.05, 0.1) is 19.3 Å². The van der Waals surface area contributed by atoms with Crippen molar-refractivity contribution in [3.63, 3.8) is 0 Å². The Hall–Kier alpha value is -3.60.